The molecule has 5 nitrogen and oxygen atoms in total. The lowest BCUT2D eigenvalue weighted by Crippen LogP contribution is -2.24. The minimum absolute atomic E-state index is 0.00615. The van der Waals surface area contributed by atoms with Crippen LogP contribution in [0.25, 0.3) is 0 Å². The fourth-order valence-electron chi connectivity index (χ4n) is 1.41. The van der Waals surface area contributed by atoms with Crippen LogP contribution in [-0.2, 0) is 11.3 Å². The second-order valence-electron chi connectivity index (χ2n) is 3.16. The van der Waals surface area contributed by atoms with Crippen molar-refractivity contribution in [1.29, 1.82) is 0 Å². The first-order valence-corrected chi connectivity index (χ1v) is 4.92. The SMILES string of the molecule is CCOC(=O)c1c(C(F)F)c(CN)c[nH]c1=O. The molecule has 0 aliphatic heterocycles. The normalized spacial score (nSPS) is 10.6. The molecule has 7 heteroatoms. The summed E-state index contributed by atoms with van der Waals surface area (Å²) in [6.45, 7) is 1.30. The van der Waals surface area contributed by atoms with Gasteiger partial charge in [0.1, 0.15) is 5.56 Å². The molecule has 17 heavy (non-hydrogen) atoms. The summed E-state index contributed by atoms with van der Waals surface area (Å²) in [5, 5.41) is 0. The second-order valence-corrected chi connectivity index (χ2v) is 3.16. The molecule has 0 aliphatic rings. The second kappa shape index (κ2) is 5.53. The Kier molecular flexibility index (Phi) is 4.33. The van der Waals surface area contributed by atoms with Crippen LogP contribution in [0, 0.1) is 0 Å². The van der Waals surface area contributed by atoms with Crippen molar-refractivity contribution in [3.8, 4) is 0 Å². The van der Waals surface area contributed by atoms with Crippen LogP contribution in [0.2, 0.25) is 0 Å². The molecule has 0 unspecified atom stereocenters. The van der Waals surface area contributed by atoms with Crippen molar-refractivity contribution < 1.29 is 18.3 Å². The highest BCUT2D eigenvalue weighted by atomic mass is 19.3. The number of aromatic nitrogens is 1. The quantitative estimate of drug-likeness (QED) is 0.774. The topological polar surface area (TPSA) is 85.2 Å². The molecule has 0 atom stereocenters. The number of carbonyl (C=O) groups excluding carboxylic acids is 1. The summed E-state index contributed by atoms with van der Waals surface area (Å²) in [4.78, 5) is 25.0. The zero-order valence-corrected chi connectivity index (χ0v) is 9.13. The number of ether oxygens (including phenoxy) is 1. The number of nitrogens with one attached hydrogen (secondary N) is 1. The van der Waals surface area contributed by atoms with Crippen LogP contribution in [0.5, 0.6) is 0 Å². The van der Waals surface area contributed by atoms with Gasteiger partial charge in [-0.3, -0.25) is 4.79 Å². The first-order valence-electron chi connectivity index (χ1n) is 4.92. The highest BCUT2D eigenvalue weighted by molar-refractivity contribution is 5.91. The van der Waals surface area contributed by atoms with Gasteiger partial charge in [-0.15, -0.1) is 0 Å². The molecule has 0 radical (unpaired) electrons. The molecule has 0 aromatic carbocycles. The van der Waals surface area contributed by atoms with E-state index in [0.717, 1.165) is 6.20 Å². The van der Waals surface area contributed by atoms with Gasteiger partial charge < -0.3 is 15.5 Å². The molecule has 0 aliphatic carbocycles. The lowest BCUT2D eigenvalue weighted by atomic mass is 10.0. The molecule has 1 heterocycles. The molecule has 0 saturated carbocycles. The lowest BCUT2D eigenvalue weighted by Gasteiger charge is -2.11. The smallest absolute Gasteiger partial charge is 0.344 e. The van der Waals surface area contributed by atoms with Gasteiger partial charge in [0.05, 0.1) is 6.61 Å². The van der Waals surface area contributed by atoms with Gasteiger partial charge >= 0.3 is 5.97 Å². The van der Waals surface area contributed by atoms with Gasteiger partial charge in [-0.1, -0.05) is 0 Å². The number of nitrogens with two attached hydrogens (primary N) is 1. The number of pyridine rings is 1. The van der Waals surface area contributed by atoms with Crippen LogP contribution in [0.3, 0.4) is 0 Å². The molecule has 0 saturated heterocycles. The predicted octanol–water partition coefficient (Wildman–Crippen LogP) is 0.948. The van der Waals surface area contributed by atoms with E-state index in [1.807, 2.05) is 0 Å². The van der Waals surface area contributed by atoms with E-state index in [0.29, 0.717) is 0 Å². The number of alkyl halides is 2. The van der Waals surface area contributed by atoms with E-state index < -0.39 is 29.1 Å². The van der Waals surface area contributed by atoms with Crippen molar-refractivity contribution in [2.75, 3.05) is 6.61 Å². The molecule has 0 bridgehead atoms. The maximum Gasteiger partial charge on any atom is 0.344 e. The number of halogens is 2. The van der Waals surface area contributed by atoms with E-state index in [2.05, 4.69) is 9.72 Å². The van der Waals surface area contributed by atoms with Crippen molar-refractivity contribution in [3.05, 3.63) is 33.2 Å². The Labute approximate surface area is 95.6 Å². The van der Waals surface area contributed by atoms with Crippen LogP contribution in [-0.4, -0.2) is 17.6 Å². The fraction of sp³-hybridized carbons (Fsp3) is 0.400. The van der Waals surface area contributed by atoms with E-state index in [1.165, 1.54) is 6.92 Å². The van der Waals surface area contributed by atoms with Crippen LogP contribution in [0.15, 0.2) is 11.0 Å². The highest BCUT2D eigenvalue weighted by Gasteiger charge is 2.25. The molecule has 3 N–H and O–H groups in total. The van der Waals surface area contributed by atoms with Gasteiger partial charge in [-0.25, -0.2) is 13.6 Å². The van der Waals surface area contributed by atoms with Gasteiger partial charge in [-0.2, -0.15) is 0 Å². The monoisotopic (exact) mass is 246 g/mol. The molecule has 0 amide bonds. The van der Waals surface area contributed by atoms with Crippen molar-refractivity contribution in [2.45, 2.75) is 19.9 Å². The van der Waals surface area contributed by atoms with Crippen LogP contribution in [0.1, 0.15) is 34.8 Å². The Hall–Kier alpha value is -1.76. The number of hydrogen-bond acceptors (Lipinski definition) is 4. The van der Waals surface area contributed by atoms with E-state index in [4.69, 9.17) is 5.73 Å². The first-order chi connectivity index (χ1) is 8.02. The van der Waals surface area contributed by atoms with Crippen LogP contribution < -0.4 is 11.3 Å². The minimum atomic E-state index is -2.96. The molecule has 1 aromatic rings. The number of carbonyl (C=O) groups is 1. The Morgan fingerprint density at radius 3 is 2.71 bits per heavy atom. The van der Waals surface area contributed by atoms with Crippen molar-refractivity contribution in [3.63, 3.8) is 0 Å². The fourth-order valence-corrected chi connectivity index (χ4v) is 1.41. The van der Waals surface area contributed by atoms with Crippen molar-refractivity contribution in [1.82, 2.24) is 4.98 Å². The maximum atomic E-state index is 12.8. The third kappa shape index (κ3) is 2.68. The number of H-pyrrole nitrogens is 1. The summed E-state index contributed by atoms with van der Waals surface area (Å²) in [5.41, 5.74) is 3.05. The third-order valence-corrected chi connectivity index (χ3v) is 2.14. The Balaban J connectivity index is 3.44. The predicted molar refractivity (Wildman–Crippen MR) is 55.9 cm³/mol. The highest BCUT2D eigenvalue weighted by Crippen LogP contribution is 2.24. The standard InChI is InChI=1S/C10H12F2N2O3/c1-2-17-10(16)7-6(8(11)12)5(3-13)4-14-9(7)15/h4,8H,2-3,13H2,1H3,(H,14,15). The number of rotatable bonds is 4. The maximum absolute atomic E-state index is 12.8. The molecule has 0 fully saturated rings. The summed E-state index contributed by atoms with van der Waals surface area (Å²) in [7, 11) is 0. The van der Waals surface area contributed by atoms with Crippen LogP contribution in [0.4, 0.5) is 8.78 Å². The number of esters is 1. The van der Waals surface area contributed by atoms with Crippen molar-refractivity contribution in [2.24, 2.45) is 5.73 Å². The third-order valence-electron chi connectivity index (χ3n) is 2.14. The summed E-state index contributed by atoms with van der Waals surface area (Å²) < 4.78 is 30.2. The summed E-state index contributed by atoms with van der Waals surface area (Å²) in [6.07, 6.45) is -1.89. The Morgan fingerprint density at radius 2 is 2.24 bits per heavy atom. The molecular weight excluding hydrogens is 234 g/mol. The lowest BCUT2D eigenvalue weighted by molar-refractivity contribution is 0.0512. The molecule has 1 rings (SSSR count). The average molecular weight is 246 g/mol. The zero-order chi connectivity index (χ0) is 13.0. The summed E-state index contributed by atoms with van der Waals surface area (Å²) in [5.74, 6) is -1.07. The van der Waals surface area contributed by atoms with Crippen LogP contribution >= 0.6 is 0 Å². The average Bonchev–Trinajstić information content (AvgIpc) is 2.28. The molecule has 0 spiro atoms. The van der Waals surface area contributed by atoms with E-state index in [9.17, 15) is 18.4 Å². The zero-order valence-electron chi connectivity index (χ0n) is 9.13. The van der Waals surface area contributed by atoms with E-state index in [1.54, 1.807) is 0 Å². The molecule has 94 valence electrons. The van der Waals surface area contributed by atoms with Gasteiger partial charge in [-0.05, 0) is 12.5 Å². The van der Waals surface area contributed by atoms with E-state index >= 15 is 0 Å². The van der Waals surface area contributed by atoms with Gasteiger partial charge in [0.2, 0.25) is 0 Å². The molecular formula is C10H12F2N2O3. The Morgan fingerprint density at radius 1 is 1.59 bits per heavy atom. The number of hydrogen-bond donors (Lipinski definition) is 2. The number of aromatic amines is 1. The minimum Gasteiger partial charge on any atom is -0.462 e. The van der Waals surface area contributed by atoms with Gasteiger partial charge in [0.25, 0.3) is 12.0 Å². The summed E-state index contributed by atoms with van der Waals surface area (Å²) >= 11 is 0. The largest absolute Gasteiger partial charge is 0.462 e. The Bertz CT molecular complexity index is 471. The first kappa shape index (κ1) is 13.3. The summed E-state index contributed by atoms with van der Waals surface area (Å²) in [6, 6.07) is 0. The van der Waals surface area contributed by atoms with E-state index in [-0.39, 0.29) is 18.7 Å². The van der Waals surface area contributed by atoms with Crippen molar-refractivity contribution >= 4 is 5.97 Å². The van der Waals surface area contributed by atoms with Gasteiger partial charge in [0, 0.05) is 18.3 Å². The van der Waals surface area contributed by atoms with Gasteiger partial charge in [0.15, 0.2) is 0 Å². The molecule has 1 aromatic heterocycles.